The highest BCUT2D eigenvalue weighted by Gasteiger charge is 2.27. The number of carbonyl (C=O) groups is 1. The molecule has 6 nitrogen and oxygen atoms in total. The third-order valence-corrected chi connectivity index (χ3v) is 3.87. The zero-order valence-corrected chi connectivity index (χ0v) is 12.1. The number of nitrogens with zero attached hydrogens (tertiary/aromatic N) is 3. The van der Waals surface area contributed by atoms with Gasteiger partial charge in [-0.05, 0) is 25.0 Å². The van der Waals surface area contributed by atoms with E-state index in [-0.39, 0.29) is 11.6 Å². The number of benzene rings is 1. The molecule has 1 aromatic rings. The molecule has 1 saturated heterocycles. The molecule has 1 aliphatic rings. The van der Waals surface area contributed by atoms with E-state index in [9.17, 15) is 14.9 Å². The fourth-order valence-corrected chi connectivity index (χ4v) is 2.83. The first kappa shape index (κ1) is 14.5. The molecule has 0 spiro atoms. The van der Waals surface area contributed by atoms with Gasteiger partial charge in [0, 0.05) is 18.7 Å². The van der Waals surface area contributed by atoms with Gasteiger partial charge in [0.2, 0.25) is 5.91 Å². The molecule has 0 radical (unpaired) electrons. The number of non-ortho nitro benzene ring substituents is 1. The van der Waals surface area contributed by atoms with Crippen LogP contribution in [-0.4, -0.2) is 33.2 Å². The molecular formula is C13H15N3O3S. The smallest absolute Gasteiger partial charge is 0.269 e. The van der Waals surface area contributed by atoms with Crippen LogP contribution in [0.4, 0.5) is 11.4 Å². The van der Waals surface area contributed by atoms with Crippen molar-refractivity contribution in [1.29, 1.82) is 0 Å². The maximum Gasteiger partial charge on any atom is 0.269 e. The highest BCUT2D eigenvalue weighted by atomic mass is 32.2. The summed E-state index contributed by atoms with van der Waals surface area (Å²) in [7, 11) is 0. The van der Waals surface area contributed by atoms with Crippen LogP contribution in [0, 0.1) is 17.0 Å². The topological polar surface area (TPSA) is 75.8 Å². The molecule has 106 valence electrons. The predicted molar refractivity (Wildman–Crippen MR) is 79.4 cm³/mol. The zero-order valence-electron chi connectivity index (χ0n) is 11.3. The van der Waals surface area contributed by atoms with Crippen LogP contribution in [-0.2, 0) is 4.79 Å². The number of amides is 1. The largest absolute Gasteiger partial charge is 0.291 e. The number of rotatable bonds is 4. The Morgan fingerprint density at radius 3 is 2.85 bits per heavy atom. The first-order chi connectivity index (χ1) is 9.52. The molecule has 0 atom stereocenters. The van der Waals surface area contributed by atoms with Crippen molar-refractivity contribution in [3.05, 3.63) is 33.9 Å². The molecule has 1 heterocycles. The Kier molecular flexibility index (Phi) is 4.39. The number of hydrogen-bond acceptors (Lipinski definition) is 5. The van der Waals surface area contributed by atoms with E-state index < -0.39 is 4.92 Å². The Balaban J connectivity index is 2.30. The third kappa shape index (κ3) is 2.98. The number of nitro groups is 1. The Labute approximate surface area is 121 Å². The normalized spacial score (nSPS) is 17.0. The van der Waals surface area contributed by atoms with E-state index in [4.69, 9.17) is 0 Å². The van der Waals surface area contributed by atoms with E-state index in [1.807, 2.05) is 6.92 Å². The molecule has 0 N–H and O–H groups in total. The van der Waals surface area contributed by atoms with Crippen molar-refractivity contribution >= 4 is 34.2 Å². The summed E-state index contributed by atoms with van der Waals surface area (Å²) < 4.78 is 0. The van der Waals surface area contributed by atoms with Gasteiger partial charge in [-0.15, -0.1) is 0 Å². The first-order valence-electron chi connectivity index (χ1n) is 6.30. The first-order valence-corrected chi connectivity index (χ1v) is 7.28. The lowest BCUT2D eigenvalue weighted by atomic mass is 10.2. The maximum atomic E-state index is 11.7. The van der Waals surface area contributed by atoms with Gasteiger partial charge >= 0.3 is 0 Å². The molecular weight excluding hydrogens is 278 g/mol. The van der Waals surface area contributed by atoms with Crippen molar-refractivity contribution in [3.63, 3.8) is 0 Å². The average Bonchev–Trinajstić information content (AvgIpc) is 2.74. The van der Waals surface area contributed by atoms with Gasteiger partial charge in [-0.3, -0.25) is 19.8 Å². The molecule has 0 unspecified atom stereocenters. The molecule has 1 aromatic carbocycles. The van der Waals surface area contributed by atoms with Crippen LogP contribution in [0.15, 0.2) is 23.2 Å². The second-order valence-electron chi connectivity index (χ2n) is 4.46. The molecule has 1 amide bonds. The van der Waals surface area contributed by atoms with E-state index in [1.165, 1.54) is 23.9 Å². The van der Waals surface area contributed by atoms with Crippen molar-refractivity contribution < 1.29 is 9.72 Å². The zero-order chi connectivity index (χ0) is 14.7. The fourth-order valence-electron chi connectivity index (χ4n) is 1.91. The van der Waals surface area contributed by atoms with Gasteiger partial charge in [0.1, 0.15) is 0 Å². The van der Waals surface area contributed by atoms with Crippen LogP contribution in [0.5, 0.6) is 0 Å². The molecule has 0 aliphatic carbocycles. The van der Waals surface area contributed by atoms with E-state index in [1.54, 1.807) is 17.9 Å². The lowest BCUT2D eigenvalue weighted by molar-refractivity contribution is -0.384. The minimum Gasteiger partial charge on any atom is -0.291 e. The SMILES string of the molecule is CCCN1C(=O)CSC1=Nc1ccc([N+](=O)[O-])cc1C. The molecule has 2 rings (SSSR count). The van der Waals surface area contributed by atoms with Crippen molar-refractivity contribution in [2.75, 3.05) is 12.3 Å². The Morgan fingerprint density at radius 1 is 1.50 bits per heavy atom. The number of aliphatic imine (C=N–C) groups is 1. The van der Waals surface area contributed by atoms with Crippen LogP contribution in [0.2, 0.25) is 0 Å². The minimum absolute atomic E-state index is 0.0482. The van der Waals surface area contributed by atoms with Gasteiger partial charge in [0.05, 0.1) is 16.4 Å². The van der Waals surface area contributed by atoms with Crippen molar-refractivity contribution in [2.45, 2.75) is 20.3 Å². The average molecular weight is 293 g/mol. The summed E-state index contributed by atoms with van der Waals surface area (Å²) in [6.45, 7) is 4.43. The molecule has 0 saturated carbocycles. The second kappa shape index (κ2) is 6.04. The van der Waals surface area contributed by atoms with Gasteiger partial charge in [-0.25, -0.2) is 4.99 Å². The van der Waals surface area contributed by atoms with Crippen LogP contribution in [0.25, 0.3) is 0 Å². The molecule has 20 heavy (non-hydrogen) atoms. The molecule has 0 aromatic heterocycles. The van der Waals surface area contributed by atoms with Crippen molar-refractivity contribution in [3.8, 4) is 0 Å². The molecule has 1 aliphatic heterocycles. The highest BCUT2D eigenvalue weighted by Crippen LogP contribution is 2.28. The van der Waals surface area contributed by atoms with Gasteiger partial charge in [0.15, 0.2) is 5.17 Å². The lowest BCUT2D eigenvalue weighted by Crippen LogP contribution is -2.30. The summed E-state index contributed by atoms with van der Waals surface area (Å²) in [5.41, 5.74) is 1.43. The summed E-state index contributed by atoms with van der Waals surface area (Å²) in [4.78, 5) is 28.1. The van der Waals surface area contributed by atoms with Gasteiger partial charge in [-0.1, -0.05) is 18.7 Å². The number of hydrogen-bond donors (Lipinski definition) is 0. The maximum absolute atomic E-state index is 11.7. The standard InChI is InChI=1S/C13H15N3O3S/c1-3-6-15-12(17)8-20-13(15)14-11-5-4-10(16(18)19)7-9(11)2/h4-5,7H,3,6,8H2,1-2H3. The van der Waals surface area contributed by atoms with Crippen LogP contribution < -0.4 is 0 Å². The highest BCUT2D eigenvalue weighted by molar-refractivity contribution is 8.15. The molecule has 1 fully saturated rings. The summed E-state index contributed by atoms with van der Waals surface area (Å²) in [6.07, 6.45) is 0.866. The summed E-state index contributed by atoms with van der Waals surface area (Å²) in [6, 6.07) is 4.54. The van der Waals surface area contributed by atoms with Gasteiger partial charge in [-0.2, -0.15) is 0 Å². The Bertz CT molecular complexity index is 586. The van der Waals surface area contributed by atoms with Crippen LogP contribution in [0.1, 0.15) is 18.9 Å². The van der Waals surface area contributed by atoms with Crippen molar-refractivity contribution in [1.82, 2.24) is 4.90 Å². The van der Waals surface area contributed by atoms with E-state index >= 15 is 0 Å². The summed E-state index contributed by atoms with van der Waals surface area (Å²) in [5, 5.41) is 11.4. The van der Waals surface area contributed by atoms with Crippen LogP contribution >= 0.6 is 11.8 Å². The van der Waals surface area contributed by atoms with E-state index in [2.05, 4.69) is 4.99 Å². The van der Waals surface area contributed by atoms with Crippen LogP contribution in [0.3, 0.4) is 0 Å². The van der Waals surface area contributed by atoms with E-state index in [0.717, 1.165) is 12.0 Å². The number of aryl methyl sites for hydroxylation is 1. The van der Waals surface area contributed by atoms with Gasteiger partial charge in [0.25, 0.3) is 5.69 Å². The molecule has 7 heteroatoms. The van der Waals surface area contributed by atoms with Crippen molar-refractivity contribution in [2.24, 2.45) is 4.99 Å². The summed E-state index contributed by atoms with van der Waals surface area (Å²) in [5.74, 6) is 0.473. The fraction of sp³-hybridized carbons (Fsp3) is 0.385. The number of amidine groups is 1. The van der Waals surface area contributed by atoms with Gasteiger partial charge < -0.3 is 0 Å². The quantitative estimate of drug-likeness (QED) is 0.632. The number of nitro benzene ring substituents is 1. The molecule has 0 bridgehead atoms. The third-order valence-electron chi connectivity index (χ3n) is 2.91. The Morgan fingerprint density at radius 2 is 2.25 bits per heavy atom. The second-order valence-corrected chi connectivity index (χ2v) is 5.40. The summed E-state index contributed by atoms with van der Waals surface area (Å²) >= 11 is 1.41. The monoisotopic (exact) mass is 293 g/mol. The number of carbonyl (C=O) groups excluding carboxylic acids is 1. The minimum atomic E-state index is -0.429. The number of thioether (sulfide) groups is 1. The Hall–Kier alpha value is -1.89. The predicted octanol–water partition coefficient (Wildman–Crippen LogP) is 2.88. The van der Waals surface area contributed by atoms with E-state index in [0.29, 0.717) is 23.2 Å². The lowest BCUT2D eigenvalue weighted by Gasteiger charge is -2.14.